The van der Waals surface area contributed by atoms with Gasteiger partial charge in [-0.1, -0.05) is 13.8 Å². The first-order valence-corrected chi connectivity index (χ1v) is 6.90. The van der Waals surface area contributed by atoms with E-state index < -0.39 is 0 Å². The largest absolute Gasteiger partial charge is 0.380 e. The van der Waals surface area contributed by atoms with Crippen LogP contribution in [-0.4, -0.2) is 36.3 Å². The Morgan fingerprint density at radius 3 is 2.32 bits per heavy atom. The first-order chi connectivity index (χ1) is 8.99. The van der Waals surface area contributed by atoms with Crippen LogP contribution in [0.25, 0.3) is 0 Å². The average molecular weight is 266 g/mol. The Morgan fingerprint density at radius 2 is 1.79 bits per heavy atom. The summed E-state index contributed by atoms with van der Waals surface area (Å²) in [5.74, 6) is 2.91. The maximum atomic E-state index is 5.42. The molecule has 0 bridgehead atoms. The Balaban J connectivity index is 2.94. The van der Waals surface area contributed by atoms with Crippen LogP contribution >= 0.6 is 0 Å². The summed E-state index contributed by atoms with van der Waals surface area (Å²) < 4.78 is 5.42. The maximum Gasteiger partial charge on any atom is 0.135 e. The van der Waals surface area contributed by atoms with E-state index in [1.165, 1.54) is 0 Å². The van der Waals surface area contributed by atoms with Gasteiger partial charge in [-0.3, -0.25) is 0 Å². The molecule has 0 fully saturated rings. The van der Waals surface area contributed by atoms with Crippen molar-refractivity contribution in [2.75, 3.05) is 30.9 Å². The van der Waals surface area contributed by atoms with E-state index in [1.807, 2.05) is 20.9 Å². The third kappa shape index (κ3) is 4.35. The van der Waals surface area contributed by atoms with Gasteiger partial charge in [0.15, 0.2) is 0 Å². The molecular formula is C14H26N4O. The van der Waals surface area contributed by atoms with Crippen LogP contribution in [0.1, 0.15) is 45.0 Å². The van der Waals surface area contributed by atoms with E-state index in [2.05, 4.69) is 41.4 Å². The molecule has 1 aromatic heterocycles. The Hall–Kier alpha value is -1.36. The van der Waals surface area contributed by atoms with Gasteiger partial charge in [0, 0.05) is 31.2 Å². The topological polar surface area (TPSA) is 59.1 Å². The molecule has 1 aromatic rings. The molecule has 1 atom stereocenters. The molecule has 1 heterocycles. The molecular weight excluding hydrogens is 240 g/mol. The zero-order valence-corrected chi connectivity index (χ0v) is 12.9. The number of hydrogen-bond donors (Lipinski definition) is 2. The number of ether oxygens (including phenoxy) is 1. The van der Waals surface area contributed by atoms with Gasteiger partial charge in [-0.15, -0.1) is 0 Å². The molecule has 0 aliphatic heterocycles. The van der Waals surface area contributed by atoms with Crippen LogP contribution in [0.15, 0.2) is 0 Å². The molecule has 5 heteroatoms. The summed E-state index contributed by atoms with van der Waals surface area (Å²) in [7, 11) is 1.88. The molecule has 0 saturated carbocycles. The van der Waals surface area contributed by atoms with Gasteiger partial charge in [-0.2, -0.15) is 0 Å². The first-order valence-electron chi connectivity index (χ1n) is 6.90. The van der Waals surface area contributed by atoms with Crippen molar-refractivity contribution >= 4 is 11.6 Å². The second-order valence-electron chi connectivity index (χ2n) is 5.01. The number of aromatic nitrogens is 2. The molecule has 0 amide bonds. The van der Waals surface area contributed by atoms with Crippen molar-refractivity contribution in [2.24, 2.45) is 0 Å². The highest BCUT2D eigenvalue weighted by atomic mass is 16.5. The lowest BCUT2D eigenvalue weighted by atomic mass is 10.2. The van der Waals surface area contributed by atoms with Crippen molar-refractivity contribution in [3.8, 4) is 0 Å². The minimum atomic E-state index is 0.221. The predicted molar refractivity (Wildman–Crippen MR) is 80.0 cm³/mol. The normalized spacial score (nSPS) is 12.6. The van der Waals surface area contributed by atoms with E-state index in [9.17, 15) is 0 Å². The van der Waals surface area contributed by atoms with Gasteiger partial charge in [0.25, 0.3) is 0 Å². The second kappa shape index (κ2) is 7.28. The summed E-state index contributed by atoms with van der Waals surface area (Å²) in [6.07, 6.45) is 0. The number of nitrogens with one attached hydrogen (secondary N) is 2. The van der Waals surface area contributed by atoms with Crippen molar-refractivity contribution in [1.82, 2.24) is 9.97 Å². The fraction of sp³-hybridized carbons (Fsp3) is 0.714. The van der Waals surface area contributed by atoms with Crippen molar-refractivity contribution in [3.63, 3.8) is 0 Å². The molecule has 0 radical (unpaired) electrons. The van der Waals surface area contributed by atoms with Crippen LogP contribution in [0.4, 0.5) is 11.6 Å². The van der Waals surface area contributed by atoms with Crippen LogP contribution in [0.2, 0.25) is 0 Å². The highest BCUT2D eigenvalue weighted by Gasteiger charge is 2.13. The van der Waals surface area contributed by atoms with Crippen molar-refractivity contribution < 1.29 is 4.74 Å². The van der Waals surface area contributed by atoms with E-state index in [4.69, 9.17) is 4.74 Å². The van der Waals surface area contributed by atoms with E-state index in [-0.39, 0.29) is 6.04 Å². The van der Waals surface area contributed by atoms with Crippen LogP contribution in [0.5, 0.6) is 0 Å². The fourth-order valence-electron chi connectivity index (χ4n) is 1.75. The smallest absolute Gasteiger partial charge is 0.135 e. The van der Waals surface area contributed by atoms with E-state index in [1.54, 1.807) is 0 Å². The van der Waals surface area contributed by atoms with Crippen LogP contribution in [0.3, 0.4) is 0 Å². The molecule has 5 nitrogen and oxygen atoms in total. The molecule has 19 heavy (non-hydrogen) atoms. The molecule has 0 aromatic carbocycles. The maximum absolute atomic E-state index is 5.42. The van der Waals surface area contributed by atoms with Gasteiger partial charge in [-0.05, 0) is 20.8 Å². The quantitative estimate of drug-likeness (QED) is 0.794. The lowest BCUT2D eigenvalue weighted by Gasteiger charge is -2.19. The number of anilines is 2. The molecule has 2 N–H and O–H groups in total. The zero-order valence-electron chi connectivity index (χ0n) is 12.9. The van der Waals surface area contributed by atoms with Gasteiger partial charge >= 0.3 is 0 Å². The lowest BCUT2D eigenvalue weighted by Crippen LogP contribution is -2.23. The minimum absolute atomic E-state index is 0.221. The first kappa shape index (κ1) is 15.7. The van der Waals surface area contributed by atoms with Crippen molar-refractivity contribution in [1.29, 1.82) is 0 Å². The molecule has 108 valence electrons. The third-order valence-corrected chi connectivity index (χ3v) is 2.87. The summed E-state index contributed by atoms with van der Waals surface area (Å²) in [4.78, 5) is 9.14. The minimum Gasteiger partial charge on any atom is -0.380 e. The Morgan fingerprint density at radius 1 is 1.16 bits per heavy atom. The molecule has 1 unspecified atom stereocenters. The van der Waals surface area contributed by atoms with Crippen LogP contribution < -0.4 is 10.6 Å². The van der Waals surface area contributed by atoms with Gasteiger partial charge in [0.2, 0.25) is 0 Å². The van der Waals surface area contributed by atoms with E-state index >= 15 is 0 Å². The van der Waals surface area contributed by atoms with Crippen LogP contribution in [-0.2, 0) is 4.74 Å². The predicted octanol–water partition coefficient (Wildman–Crippen LogP) is 2.79. The summed E-state index contributed by atoms with van der Waals surface area (Å²) >= 11 is 0. The molecule has 0 aliphatic carbocycles. The summed E-state index contributed by atoms with van der Waals surface area (Å²) in [5, 5.41) is 6.52. The third-order valence-electron chi connectivity index (χ3n) is 2.87. The molecule has 0 spiro atoms. The summed E-state index contributed by atoms with van der Waals surface area (Å²) in [6.45, 7) is 11.7. The van der Waals surface area contributed by atoms with Crippen molar-refractivity contribution in [2.45, 2.75) is 46.6 Å². The van der Waals surface area contributed by atoms with Crippen molar-refractivity contribution in [3.05, 3.63) is 11.4 Å². The van der Waals surface area contributed by atoms with E-state index in [0.717, 1.165) is 29.6 Å². The second-order valence-corrected chi connectivity index (χ2v) is 5.01. The van der Waals surface area contributed by atoms with Gasteiger partial charge in [0.1, 0.15) is 17.5 Å². The van der Waals surface area contributed by atoms with Gasteiger partial charge in [0.05, 0.1) is 6.61 Å². The zero-order chi connectivity index (χ0) is 14.4. The lowest BCUT2D eigenvalue weighted by molar-refractivity contribution is 0.141. The standard InChI is InChI=1S/C14H26N4O/c1-7-19-8-10(4)16-14-11(5)13(15-6)17-12(18-14)9(2)3/h9-10H,7-8H2,1-6H3,(H2,15,16,17,18). The molecule has 1 rings (SSSR count). The highest BCUT2D eigenvalue weighted by molar-refractivity contribution is 5.57. The Bertz CT molecular complexity index is 407. The van der Waals surface area contributed by atoms with Gasteiger partial charge in [-0.25, -0.2) is 9.97 Å². The number of rotatable bonds is 7. The SMILES string of the molecule is CCOCC(C)Nc1nc(C(C)C)nc(NC)c1C. The monoisotopic (exact) mass is 266 g/mol. The van der Waals surface area contributed by atoms with Crippen LogP contribution in [0, 0.1) is 6.92 Å². The van der Waals surface area contributed by atoms with E-state index in [0.29, 0.717) is 12.5 Å². The average Bonchev–Trinajstić information content (AvgIpc) is 2.38. The Labute approximate surface area is 116 Å². The number of nitrogens with zero attached hydrogens (tertiary/aromatic N) is 2. The highest BCUT2D eigenvalue weighted by Crippen LogP contribution is 2.23. The van der Waals surface area contributed by atoms with Gasteiger partial charge < -0.3 is 15.4 Å². The Kier molecular flexibility index (Phi) is 6.02. The number of hydrogen-bond acceptors (Lipinski definition) is 5. The summed E-state index contributed by atoms with van der Waals surface area (Å²) in [6, 6.07) is 0.221. The fourth-order valence-corrected chi connectivity index (χ4v) is 1.75. The molecule has 0 aliphatic rings. The summed E-state index contributed by atoms with van der Waals surface area (Å²) in [5.41, 5.74) is 1.04. The molecule has 0 saturated heterocycles.